The zero-order valence-electron chi connectivity index (χ0n) is 25.6. The molecule has 224 valence electrons. The quantitative estimate of drug-likeness (QED) is 0.146. The van der Waals surface area contributed by atoms with E-state index in [1.807, 2.05) is 4.90 Å². The second-order valence-electron chi connectivity index (χ2n) is 12.0. The Balaban J connectivity index is 1.34. The molecule has 0 aliphatic rings. The summed E-state index contributed by atoms with van der Waals surface area (Å²) in [5.74, 6) is 0.709. The predicted molar refractivity (Wildman–Crippen MR) is 176 cm³/mol. The van der Waals surface area contributed by atoms with E-state index in [0.29, 0.717) is 25.6 Å². The number of hydrogen-bond acceptors (Lipinski definition) is 6. The highest BCUT2D eigenvalue weighted by Crippen LogP contribution is 2.31. The van der Waals surface area contributed by atoms with Gasteiger partial charge in [-0.1, -0.05) is 83.9 Å². The minimum absolute atomic E-state index is 0.0196. The minimum Gasteiger partial charge on any atom is -0.489 e. The van der Waals surface area contributed by atoms with Crippen molar-refractivity contribution in [2.24, 2.45) is 0 Å². The van der Waals surface area contributed by atoms with E-state index in [4.69, 9.17) is 9.72 Å². The van der Waals surface area contributed by atoms with Crippen molar-refractivity contribution < 1.29 is 14.6 Å². The average molecular weight is 605 g/mol. The normalized spacial score (nSPS) is 11.9. The molecule has 0 saturated heterocycles. The minimum atomic E-state index is -0.828. The van der Waals surface area contributed by atoms with Gasteiger partial charge in [0, 0.05) is 27.1 Å². The van der Waals surface area contributed by atoms with Gasteiger partial charge in [-0.2, -0.15) is 0 Å². The van der Waals surface area contributed by atoms with Crippen LogP contribution in [0.25, 0.3) is 10.4 Å². The molecule has 5 nitrogen and oxygen atoms in total. The van der Waals surface area contributed by atoms with Gasteiger partial charge in [-0.05, 0) is 59.7 Å². The monoisotopic (exact) mass is 604 g/mol. The molecular formula is C35H44N2O3S2. The van der Waals surface area contributed by atoms with Crippen molar-refractivity contribution in [2.75, 3.05) is 6.54 Å². The van der Waals surface area contributed by atoms with Gasteiger partial charge in [-0.3, -0.25) is 9.69 Å². The molecule has 1 N–H and O–H groups in total. The number of nitrogens with zero attached hydrogens (tertiary/aromatic N) is 2. The van der Waals surface area contributed by atoms with E-state index in [9.17, 15) is 9.90 Å². The highest BCUT2D eigenvalue weighted by molar-refractivity contribution is 7.15. The number of hydrogen-bond donors (Lipinski definition) is 1. The molecule has 0 spiro atoms. The molecule has 4 aromatic rings. The van der Waals surface area contributed by atoms with Crippen LogP contribution < -0.4 is 4.74 Å². The molecule has 4 rings (SSSR count). The summed E-state index contributed by atoms with van der Waals surface area (Å²) >= 11 is 3.31. The molecule has 0 radical (unpaired) electrons. The van der Waals surface area contributed by atoms with Crippen LogP contribution in [0.1, 0.15) is 92.9 Å². The maximum Gasteiger partial charge on any atom is 0.317 e. The number of thiazole rings is 1. The van der Waals surface area contributed by atoms with Gasteiger partial charge in [-0.15, -0.1) is 22.7 Å². The number of thiophene rings is 1. The van der Waals surface area contributed by atoms with Gasteiger partial charge in [0.05, 0.1) is 18.8 Å². The van der Waals surface area contributed by atoms with Gasteiger partial charge in [0.25, 0.3) is 0 Å². The highest BCUT2D eigenvalue weighted by atomic mass is 32.1. The van der Waals surface area contributed by atoms with Crippen LogP contribution in [0.5, 0.6) is 5.75 Å². The van der Waals surface area contributed by atoms with Crippen LogP contribution in [0.3, 0.4) is 0 Å². The van der Waals surface area contributed by atoms with Gasteiger partial charge in [0.2, 0.25) is 0 Å². The molecule has 0 bridgehead atoms. The lowest BCUT2D eigenvalue weighted by Gasteiger charge is -2.18. The number of aromatic nitrogens is 1. The van der Waals surface area contributed by atoms with Crippen LogP contribution in [-0.2, 0) is 29.9 Å². The molecule has 0 aliphatic carbocycles. The first-order valence-electron chi connectivity index (χ1n) is 14.9. The lowest BCUT2D eigenvalue weighted by atomic mass is 9.90. The van der Waals surface area contributed by atoms with Crippen molar-refractivity contribution in [2.45, 2.75) is 91.3 Å². The Labute approximate surface area is 259 Å². The summed E-state index contributed by atoms with van der Waals surface area (Å²) in [4.78, 5) is 20.6. The number of aliphatic carboxylic acids is 1. The molecule has 0 amide bonds. The summed E-state index contributed by atoms with van der Waals surface area (Å²) < 4.78 is 6.09. The molecule has 2 aromatic carbocycles. The molecule has 0 fully saturated rings. The standard InChI is InChI=1S/C35H44N2O3S2/c1-6-8-26(9-7-2)27-14-16-29(17-15-27)40-23-25-10-12-28(13-11-25)31-19-18-30(42-31)20-37(22-34(38)39)21-33-36-32(24-41-33)35(3,4)5/h10-19,24,26H,6-9,20-23H2,1-5H3,(H,38,39). The summed E-state index contributed by atoms with van der Waals surface area (Å²) in [7, 11) is 0. The molecule has 42 heavy (non-hydrogen) atoms. The third kappa shape index (κ3) is 9.25. The fraction of sp³-hybridized carbons (Fsp3) is 0.429. The molecule has 0 aliphatic heterocycles. The van der Waals surface area contributed by atoms with Gasteiger partial charge < -0.3 is 9.84 Å². The van der Waals surface area contributed by atoms with Crippen molar-refractivity contribution in [1.29, 1.82) is 0 Å². The van der Waals surface area contributed by atoms with E-state index in [-0.39, 0.29) is 12.0 Å². The first kappa shape index (κ1) is 31.9. The Morgan fingerprint density at radius 3 is 2.24 bits per heavy atom. The lowest BCUT2D eigenvalue weighted by Crippen LogP contribution is -2.28. The summed E-state index contributed by atoms with van der Waals surface area (Å²) in [5, 5.41) is 12.5. The van der Waals surface area contributed by atoms with Crippen LogP contribution >= 0.6 is 22.7 Å². The Hall–Kier alpha value is -3.00. The van der Waals surface area contributed by atoms with E-state index >= 15 is 0 Å². The van der Waals surface area contributed by atoms with Crippen molar-refractivity contribution in [3.8, 4) is 16.2 Å². The number of carbonyl (C=O) groups is 1. The predicted octanol–water partition coefficient (Wildman–Crippen LogP) is 9.52. The topological polar surface area (TPSA) is 62.7 Å². The molecule has 0 unspecified atom stereocenters. The van der Waals surface area contributed by atoms with Gasteiger partial charge >= 0.3 is 5.97 Å². The number of rotatable bonds is 15. The van der Waals surface area contributed by atoms with Crippen molar-refractivity contribution >= 4 is 28.6 Å². The molecule has 0 atom stereocenters. The van der Waals surface area contributed by atoms with Gasteiger partial charge in [-0.25, -0.2) is 4.98 Å². The number of benzene rings is 2. The first-order chi connectivity index (χ1) is 20.1. The number of carboxylic acids is 1. The van der Waals surface area contributed by atoms with Crippen LogP contribution in [-0.4, -0.2) is 27.5 Å². The van der Waals surface area contributed by atoms with Crippen LogP contribution in [0.4, 0.5) is 0 Å². The fourth-order valence-corrected chi connectivity index (χ4v) is 7.18. The zero-order valence-corrected chi connectivity index (χ0v) is 27.2. The Kier molecular flexibility index (Phi) is 11.4. The summed E-state index contributed by atoms with van der Waals surface area (Å²) in [6, 6.07) is 21.4. The fourth-order valence-electron chi connectivity index (χ4n) is 5.06. The third-order valence-corrected chi connectivity index (χ3v) is 9.30. The second kappa shape index (κ2) is 14.9. The maximum absolute atomic E-state index is 11.6. The second-order valence-corrected chi connectivity index (χ2v) is 14.1. The van der Waals surface area contributed by atoms with Crippen LogP contribution in [0.15, 0.2) is 66.0 Å². The molecule has 0 saturated carbocycles. The number of carboxylic acid groups (broad SMARTS) is 1. The Morgan fingerprint density at radius 2 is 1.64 bits per heavy atom. The Morgan fingerprint density at radius 1 is 0.952 bits per heavy atom. The van der Waals surface area contributed by atoms with Crippen molar-refractivity contribution in [1.82, 2.24) is 9.88 Å². The first-order valence-corrected chi connectivity index (χ1v) is 16.6. The zero-order chi connectivity index (χ0) is 30.1. The van der Waals surface area contributed by atoms with Crippen molar-refractivity contribution in [3.05, 3.63) is 92.7 Å². The van der Waals surface area contributed by atoms with E-state index in [1.54, 1.807) is 22.7 Å². The largest absolute Gasteiger partial charge is 0.489 e. The lowest BCUT2D eigenvalue weighted by molar-refractivity contribution is -0.138. The summed E-state index contributed by atoms with van der Waals surface area (Å²) in [6.45, 7) is 12.5. The molecule has 7 heteroatoms. The smallest absolute Gasteiger partial charge is 0.317 e. The van der Waals surface area contributed by atoms with Gasteiger partial charge in [0.15, 0.2) is 0 Å². The van der Waals surface area contributed by atoms with Crippen molar-refractivity contribution in [3.63, 3.8) is 0 Å². The van der Waals surface area contributed by atoms with Gasteiger partial charge in [0.1, 0.15) is 17.4 Å². The average Bonchev–Trinajstić information content (AvgIpc) is 3.62. The van der Waals surface area contributed by atoms with E-state index in [1.165, 1.54) is 36.1 Å². The highest BCUT2D eigenvalue weighted by Gasteiger charge is 2.20. The molecule has 2 heterocycles. The number of ether oxygens (including phenoxy) is 1. The summed E-state index contributed by atoms with van der Waals surface area (Å²) in [5.41, 5.74) is 4.71. The van der Waals surface area contributed by atoms with E-state index < -0.39 is 5.97 Å². The van der Waals surface area contributed by atoms with E-state index in [0.717, 1.165) is 32.5 Å². The van der Waals surface area contributed by atoms with Crippen LogP contribution in [0.2, 0.25) is 0 Å². The SMILES string of the molecule is CCCC(CCC)c1ccc(OCc2ccc(-c3ccc(CN(CC(=O)O)Cc4nc(C(C)(C)C)cs4)s3)cc2)cc1. The molecular weight excluding hydrogens is 561 g/mol. The molecule has 2 aromatic heterocycles. The van der Waals surface area contributed by atoms with Crippen LogP contribution in [0, 0.1) is 0 Å². The Bertz CT molecular complexity index is 1400. The summed E-state index contributed by atoms with van der Waals surface area (Å²) in [6.07, 6.45) is 4.89. The third-order valence-electron chi connectivity index (χ3n) is 7.35. The maximum atomic E-state index is 11.6. The van der Waals surface area contributed by atoms with E-state index in [2.05, 4.69) is 101 Å².